The maximum Gasteiger partial charge on any atom is 0.412 e. The molecular weight excluding hydrogens is 412 g/mol. The molecule has 0 aliphatic carbocycles. The first-order chi connectivity index (χ1) is 14.0. The van der Waals surface area contributed by atoms with E-state index >= 15 is 0 Å². The number of amides is 1. The van der Waals surface area contributed by atoms with Gasteiger partial charge in [-0.05, 0) is 12.5 Å². The smallest absolute Gasteiger partial charge is 0.412 e. The Hall–Kier alpha value is -2.93. The molecule has 1 heterocycles. The standard InChI is InChI=1S/C17H23F2N3O8/c1-3-4-5-8-29-16(28)21-12-6-7-22(15(27)20-12)14(26)17(18,19)13(25)11(24)9-30-10(2)23/h6-7,11,13,24-25H,3-5,8-9H2,1-2H3,(H,20,21,27,28)/t11-,13-/m1/s1. The number of alkyl halides is 2. The normalized spacial score (nSPS) is 13.3. The number of carbonyl (C=O) groups excluding carboxylic acids is 3. The molecule has 0 fully saturated rings. The van der Waals surface area contributed by atoms with Crippen molar-refractivity contribution in [1.29, 1.82) is 0 Å². The third-order valence-electron chi connectivity index (χ3n) is 3.71. The Morgan fingerprint density at radius 3 is 2.50 bits per heavy atom. The number of esters is 1. The molecule has 30 heavy (non-hydrogen) atoms. The van der Waals surface area contributed by atoms with Crippen molar-refractivity contribution in [2.24, 2.45) is 0 Å². The van der Waals surface area contributed by atoms with E-state index in [1.165, 1.54) is 0 Å². The van der Waals surface area contributed by atoms with Gasteiger partial charge in [-0.25, -0.2) is 14.2 Å². The Balaban J connectivity index is 2.83. The van der Waals surface area contributed by atoms with E-state index in [4.69, 9.17) is 4.74 Å². The highest BCUT2D eigenvalue weighted by molar-refractivity contribution is 5.87. The number of unbranched alkanes of at least 4 members (excludes halogenated alkanes) is 2. The van der Waals surface area contributed by atoms with Crippen LogP contribution in [0.5, 0.6) is 0 Å². The maximum atomic E-state index is 14.2. The second-order valence-corrected chi connectivity index (χ2v) is 6.18. The minimum Gasteiger partial charge on any atom is -0.463 e. The van der Waals surface area contributed by atoms with Gasteiger partial charge in [0.2, 0.25) is 0 Å². The molecule has 0 aliphatic heterocycles. The quantitative estimate of drug-likeness (QED) is 0.352. The van der Waals surface area contributed by atoms with Crippen molar-refractivity contribution < 1.29 is 42.9 Å². The van der Waals surface area contributed by atoms with Gasteiger partial charge in [0.15, 0.2) is 6.10 Å². The summed E-state index contributed by atoms with van der Waals surface area (Å²) in [6.45, 7) is 2.05. The van der Waals surface area contributed by atoms with Crippen molar-refractivity contribution in [3.8, 4) is 0 Å². The largest absolute Gasteiger partial charge is 0.463 e. The van der Waals surface area contributed by atoms with Crippen LogP contribution in [-0.2, 0) is 14.3 Å². The van der Waals surface area contributed by atoms with E-state index in [1.54, 1.807) is 0 Å². The van der Waals surface area contributed by atoms with Crippen molar-refractivity contribution in [2.45, 2.75) is 51.2 Å². The van der Waals surface area contributed by atoms with Crippen molar-refractivity contribution in [2.75, 3.05) is 18.5 Å². The molecule has 0 saturated carbocycles. The van der Waals surface area contributed by atoms with Gasteiger partial charge in [0.1, 0.15) is 18.5 Å². The molecule has 0 spiro atoms. The Labute approximate surface area is 169 Å². The number of ether oxygens (including phenoxy) is 2. The van der Waals surface area contributed by atoms with Crippen LogP contribution in [-0.4, -0.2) is 69.1 Å². The van der Waals surface area contributed by atoms with E-state index in [0.717, 1.165) is 25.8 Å². The van der Waals surface area contributed by atoms with Gasteiger partial charge in [0.05, 0.1) is 6.61 Å². The number of aromatic nitrogens is 2. The van der Waals surface area contributed by atoms with E-state index in [9.17, 15) is 38.2 Å². The number of nitrogens with zero attached hydrogens (tertiary/aromatic N) is 2. The van der Waals surface area contributed by atoms with Gasteiger partial charge in [-0.2, -0.15) is 13.8 Å². The highest BCUT2D eigenvalue weighted by atomic mass is 19.3. The number of hydrogen-bond acceptors (Lipinski definition) is 9. The van der Waals surface area contributed by atoms with Gasteiger partial charge >= 0.3 is 29.6 Å². The number of aliphatic hydroxyl groups excluding tert-OH is 2. The third kappa shape index (κ3) is 7.15. The van der Waals surface area contributed by atoms with Crippen molar-refractivity contribution >= 4 is 23.8 Å². The zero-order valence-corrected chi connectivity index (χ0v) is 16.3. The molecule has 13 heteroatoms. The second-order valence-electron chi connectivity index (χ2n) is 6.18. The lowest BCUT2D eigenvalue weighted by molar-refractivity contribution is -0.159. The lowest BCUT2D eigenvalue weighted by Gasteiger charge is -2.25. The second kappa shape index (κ2) is 11.3. The molecule has 1 amide bonds. The zero-order chi connectivity index (χ0) is 22.9. The molecule has 0 unspecified atom stereocenters. The molecule has 1 rings (SSSR count). The SMILES string of the molecule is CCCCCOC(=O)Nc1ccn(C(=O)C(F)(F)[C@H](O)[C@H](O)COC(C)=O)c(=O)n1. The fourth-order valence-corrected chi connectivity index (χ4v) is 2.11. The van der Waals surface area contributed by atoms with Crippen LogP contribution in [0.3, 0.4) is 0 Å². The van der Waals surface area contributed by atoms with E-state index in [-0.39, 0.29) is 17.0 Å². The summed E-state index contributed by atoms with van der Waals surface area (Å²) in [6, 6.07) is 0.893. The number of anilines is 1. The summed E-state index contributed by atoms with van der Waals surface area (Å²) in [5, 5.41) is 21.2. The molecule has 0 radical (unpaired) electrons. The average Bonchev–Trinajstić information content (AvgIpc) is 2.68. The van der Waals surface area contributed by atoms with Gasteiger partial charge in [-0.1, -0.05) is 19.8 Å². The minimum absolute atomic E-state index is 0.0977. The van der Waals surface area contributed by atoms with Crippen molar-refractivity contribution in [3.63, 3.8) is 0 Å². The lowest BCUT2D eigenvalue weighted by Crippen LogP contribution is -2.53. The van der Waals surface area contributed by atoms with Crippen LogP contribution in [0, 0.1) is 0 Å². The Bertz CT molecular complexity index is 814. The molecule has 0 saturated heterocycles. The number of rotatable bonds is 10. The Kier molecular flexibility index (Phi) is 9.46. The van der Waals surface area contributed by atoms with Gasteiger partial charge < -0.3 is 19.7 Å². The summed E-state index contributed by atoms with van der Waals surface area (Å²) >= 11 is 0. The molecular formula is C17H23F2N3O8. The number of nitrogens with one attached hydrogen (secondary N) is 1. The average molecular weight is 435 g/mol. The highest BCUT2D eigenvalue weighted by Gasteiger charge is 2.51. The van der Waals surface area contributed by atoms with Crippen molar-refractivity contribution in [1.82, 2.24) is 9.55 Å². The molecule has 11 nitrogen and oxygen atoms in total. The summed E-state index contributed by atoms with van der Waals surface area (Å²) in [5.41, 5.74) is -1.47. The number of halogens is 2. The van der Waals surface area contributed by atoms with Crippen molar-refractivity contribution in [3.05, 3.63) is 22.7 Å². The van der Waals surface area contributed by atoms with E-state index in [2.05, 4.69) is 15.0 Å². The number of carbonyl (C=O) groups is 3. The molecule has 0 aliphatic rings. The number of aliphatic hydroxyl groups is 2. The summed E-state index contributed by atoms with van der Waals surface area (Å²) in [5.74, 6) is -8.03. The molecule has 2 atom stereocenters. The molecule has 1 aromatic rings. The van der Waals surface area contributed by atoms with Gasteiger partial charge in [0.25, 0.3) is 0 Å². The van der Waals surface area contributed by atoms with Gasteiger partial charge in [-0.15, -0.1) is 0 Å². The third-order valence-corrected chi connectivity index (χ3v) is 3.71. The zero-order valence-electron chi connectivity index (χ0n) is 16.3. The summed E-state index contributed by atoms with van der Waals surface area (Å²) in [7, 11) is 0. The van der Waals surface area contributed by atoms with Crippen LogP contribution in [0.4, 0.5) is 19.4 Å². The monoisotopic (exact) mass is 435 g/mol. The molecule has 0 aromatic carbocycles. The van der Waals surface area contributed by atoms with Crippen LogP contribution >= 0.6 is 0 Å². The maximum absolute atomic E-state index is 14.2. The minimum atomic E-state index is -4.61. The van der Waals surface area contributed by atoms with Crippen LogP contribution < -0.4 is 11.0 Å². The summed E-state index contributed by atoms with van der Waals surface area (Å²) in [4.78, 5) is 49.4. The van der Waals surface area contributed by atoms with Crippen LogP contribution in [0.15, 0.2) is 17.1 Å². The topological polar surface area (TPSA) is 157 Å². The van der Waals surface area contributed by atoms with Crippen LogP contribution in [0.2, 0.25) is 0 Å². The summed E-state index contributed by atoms with van der Waals surface area (Å²) in [6.07, 6.45) is -3.17. The Morgan fingerprint density at radius 2 is 1.93 bits per heavy atom. The van der Waals surface area contributed by atoms with E-state index in [0.29, 0.717) is 12.6 Å². The predicted octanol–water partition coefficient (Wildman–Crippen LogP) is 0.542. The molecule has 3 N–H and O–H groups in total. The molecule has 168 valence electrons. The van der Waals surface area contributed by atoms with Gasteiger partial charge in [0, 0.05) is 13.1 Å². The highest BCUT2D eigenvalue weighted by Crippen LogP contribution is 2.23. The lowest BCUT2D eigenvalue weighted by atomic mass is 10.1. The first kappa shape index (κ1) is 25.1. The molecule has 0 bridgehead atoms. The number of hydrogen-bond donors (Lipinski definition) is 3. The van der Waals surface area contributed by atoms with Crippen LogP contribution in [0.1, 0.15) is 37.9 Å². The van der Waals surface area contributed by atoms with E-state index < -0.39 is 48.4 Å². The van der Waals surface area contributed by atoms with Gasteiger partial charge in [-0.3, -0.25) is 14.9 Å². The fraction of sp³-hybridized carbons (Fsp3) is 0.588. The molecule has 1 aromatic heterocycles. The fourth-order valence-electron chi connectivity index (χ4n) is 2.11. The Morgan fingerprint density at radius 1 is 1.27 bits per heavy atom. The first-order valence-electron chi connectivity index (χ1n) is 8.96. The summed E-state index contributed by atoms with van der Waals surface area (Å²) < 4.78 is 37.4. The van der Waals surface area contributed by atoms with E-state index in [1.807, 2.05) is 6.92 Å². The predicted molar refractivity (Wildman–Crippen MR) is 97.2 cm³/mol. The van der Waals surface area contributed by atoms with Crippen LogP contribution in [0.25, 0.3) is 0 Å². The first-order valence-corrected chi connectivity index (χ1v) is 8.96.